The number of nitrogens with zero attached hydrogens (tertiary/aromatic N) is 1. The van der Waals surface area contributed by atoms with Crippen LogP contribution in [0.2, 0.25) is 0 Å². The van der Waals surface area contributed by atoms with Crippen LogP contribution < -0.4 is 24.8 Å². The third-order valence-electron chi connectivity index (χ3n) is 5.56. The molecule has 0 saturated carbocycles. The van der Waals surface area contributed by atoms with Gasteiger partial charge in [0.1, 0.15) is 0 Å². The van der Waals surface area contributed by atoms with E-state index in [1.807, 2.05) is 0 Å². The second-order valence-corrected chi connectivity index (χ2v) is 7.45. The van der Waals surface area contributed by atoms with Gasteiger partial charge in [-0.2, -0.15) is 17.7 Å². The van der Waals surface area contributed by atoms with Crippen molar-refractivity contribution >= 4 is 21.7 Å². The van der Waals surface area contributed by atoms with Gasteiger partial charge in [-0.05, 0) is 31.2 Å². The largest absolute Gasteiger partial charge is 4.00 e. The Kier molecular flexibility index (Phi) is 11.0. The summed E-state index contributed by atoms with van der Waals surface area (Å²) >= 11 is 0. The molecule has 1 heterocycles. The maximum atomic E-state index is 2.37. The minimum atomic E-state index is 0. The Morgan fingerprint density at radius 3 is 2.19 bits per heavy atom. The summed E-state index contributed by atoms with van der Waals surface area (Å²) in [7, 11) is 0. The first-order chi connectivity index (χ1) is 13.7. The molecule has 5 aromatic rings. The second kappa shape index (κ2) is 12.4. The van der Waals surface area contributed by atoms with Gasteiger partial charge in [-0.25, -0.2) is 12.1 Å². The Morgan fingerprint density at radius 2 is 1.52 bits per heavy atom. The van der Waals surface area contributed by atoms with Gasteiger partial charge in [0, 0.05) is 11.1 Å². The summed E-state index contributed by atoms with van der Waals surface area (Å²) < 4.78 is 2.37. The Morgan fingerprint density at radius 1 is 0.871 bits per heavy atom. The molecule has 5 rings (SSSR count). The molecule has 0 aliphatic carbocycles. The number of aryl methyl sites for hydroxylation is 2. The van der Waals surface area contributed by atoms with E-state index in [1.54, 1.807) is 0 Å². The molecule has 0 saturated heterocycles. The molecule has 4 heteroatoms. The number of aromatic nitrogens is 1. The molecule has 0 radical (unpaired) electrons. The summed E-state index contributed by atoms with van der Waals surface area (Å²) in [6.45, 7) is 6.61. The maximum absolute atomic E-state index is 2.37. The fourth-order valence-corrected chi connectivity index (χ4v) is 3.99. The normalized spacial score (nSPS) is 9.90. The summed E-state index contributed by atoms with van der Waals surface area (Å²) in [6.07, 6.45) is 2.48. The Hall–Kier alpha value is -1.61. The van der Waals surface area contributed by atoms with E-state index >= 15 is 0 Å². The topological polar surface area (TPSA) is 4.93 Å². The summed E-state index contributed by atoms with van der Waals surface area (Å²) in [5.41, 5.74) is 6.70. The van der Waals surface area contributed by atoms with Gasteiger partial charge in [-0.1, -0.05) is 44.0 Å². The molecule has 0 N–H and O–H groups in total. The van der Waals surface area contributed by atoms with Crippen LogP contribution in [0, 0.1) is 13.8 Å². The van der Waals surface area contributed by atoms with E-state index < -0.39 is 0 Å². The predicted octanol–water partition coefficient (Wildman–Crippen LogP) is 1.48. The van der Waals surface area contributed by atoms with Crippen LogP contribution in [0.25, 0.3) is 27.4 Å². The van der Waals surface area contributed by atoms with Crippen LogP contribution in [0.15, 0.2) is 84.9 Å². The molecule has 31 heavy (non-hydrogen) atoms. The molecule has 0 bridgehead atoms. The number of halogens is 2. The van der Waals surface area contributed by atoms with Crippen LogP contribution in [-0.2, 0) is 32.3 Å². The molecule has 0 amide bonds. The standard InChI is InChI=1S/C19H16N.C8H11.2ClH.Hf/c1-13-14(2)20(19-10-6-5-9-18(13)19)17-11-15-7-3-4-8-16(15)12-17;1-2-5-8-6-3-4-7-8;;;/h3-12H,1-2H3;3-4,6-7H,2,5H2,1H3;2*1H;/q2*-1;;;+4/p-2. The zero-order chi connectivity index (χ0) is 19.5. The fourth-order valence-electron chi connectivity index (χ4n) is 3.99. The molecular formula is C27H27Cl2HfN. The van der Waals surface area contributed by atoms with Gasteiger partial charge >= 0.3 is 25.8 Å². The molecule has 0 fully saturated rings. The van der Waals surface area contributed by atoms with E-state index in [2.05, 4.69) is 110 Å². The van der Waals surface area contributed by atoms with Gasteiger partial charge in [0.15, 0.2) is 0 Å². The maximum Gasteiger partial charge on any atom is 4.00 e. The minimum Gasteiger partial charge on any atom is -1.00 e. The molecule has 0 unspecified atom stereocenters. The van der Waals surface area contributed by atoms with Gasteiger partial charge in [0.05, 0.1) is 5.52 Å². The van der Waals surface area contributed by atoms with Crippen molar-refractivity contribution in [3.8, 4) is 5.69 Å². The quantitative estimate of drug-likeness (QED) is 0.215. The summed E-state index contributed by atoms with van der Waals surface area (Å²) in [5, 5.41) is 3.95. The van der Waals surface area contributed by atoms with Crippen LogP contribution >= 0.6 is 0 Å². The van der Waals surface area contributed by atoms with E-state index in [4.69, 9.17) is 0 Å². The van der Waals surface area contributed by atoms with Crippen molar-refractivity contribution in [1.29, 1.82) is 0 Å². The first-order valence-electron chi connectivity index (χ1n) is 10.1. The molecule has 1 nitrogen and oxygen atoms in total. The molecule has 0 aliphatic rings. The fraction of sp³-hybridized carbons (Fsp3) is 0.185. The van der Waals surface area contributed by atoms with Crippen LogP contribution in [0.1, 0.15) is 30.2 Å². The second-order valence-electron chi connectivity index (χ2n) is 7.45. The van der Waals surface area contributed by atoms with Crippen molar-refractivity contribution in [2.45, 2.75) is 33.6 Å². The summed E-state index contributed by atoms with van der Waals surface area (Å²) in [6, 6.07) is 30.2. The average Bonchev–Trinajstić information content (AvgIpc) is 3.42. The first-order valence-corrected chi connectivity index (χ1v) is 10.1. The third kappa shape index (κ3) is 5.80. The molecule has 0 spiro atoms. The van der Waals surface area contributed by atoms with E-state index in [1.165, 1.54) is 57.0 Å². The van der Waals surface area contributed by atoms with Crippen molar-refractivity contribution < 1.29 is 50.7 Å². The zero-order valence-corrected chi connectivity index (χ0v) is 23.3. The molecule has 0 atom stereocenters. The number of hydrogen-bond acceptors (Lipinski definition) is 0. The monoisotopic (exact) mass is 615 g/mol. The van der Waals surface area contributed by atoms with Crippen LogP contribution in [0.3, 0.4) is 0 Å². The molecule has 1 aromatic heterocycles. The van der Waals surface area contributed by atoms with Crippen LogP contribution in [0.5, 0.6) is 0 Å². The Balaban J connectivity index is 0.000000378. The van der Waals surface area contributed by atoms with Gasteiger partial charge in [0.25, 0.3) is 0 Å². The van der Waals surface area contributed by atoms with E-state index in [9.17, 15) is 0 Å². The van der Waals surface area contributed by atoms with E-state index in [0.29, 0.717) is 0 Å². The van der Waals surface area contributed by atoms with E-state index in [-0.39, 0.29) is 50.7 Å². The predicted molar refractivity (Wildman–Crippen MR) is 122 cm³/mol. The van der Waals surface area contributed by atoms with Crippen molar-refractivity contribution in [2.24, 2.45) is 0 Å². The molecule has 158 valence electrons. The minimum absolute atomic E-state index is 0. The Labute approximate surface area is 216 Å². The third-order valence-corrected chi connectivity index (χ3v) is 5.56. The van der Waals surface area contributed by atoms with Gasteiger partial charge < -0.3 is 29.4 Å². The summed E-state index contributed by atoms with van der Waals surface area (Å²) in [4.78, 5) is 0. The average molecular weight is 615 g/mol. The van der Waals surface area contributed by atoms with Crippen LogP contribution in [-0.4, -0.2) is 4.57 Å². The molecule has 4 aromatic carbocycles. The molecular weight excluding hydrogens is 588 g/mol. The van der Waals surface area contributed by atoms with Crippen molar-refractivity contribution in [1.82, 2.24) is 4.57 Å². The van der Waals surface area contributed by atoms with Crippen molar-refractivity contribution in [2.75, 3.05) is 0 Å². The summed E-state index contributed by atoms with van der Waals surface area (Å²) in [5.74, 6) is 0. The van der Waals surface area contributed by atoms with E-state index in [0.717, 1.165) is 0 Å². The SMILES string of the molecule is CCC[c-]1cccc1.Cc1c(C)n(-c2cc3ccccc3[cH-]2)c2ccccc12.[Cl-].[Cl-].[Hf+4]. The number of para-hydroxylation sites is 1. The van der Waals surface area contributed by atoms with Crippen molar-refractivity contribution in [3.63, 3.8) is 0 Å². The van der Waals surface area contributed by atoms with Crippen molar-refractivity contribution in [3.05, 3.63) is 102 Å². The number of benzene rings is 2. The number of hydrogen-bond donors (Lipinski definition) is 0. The zero-order valence-electron chi connectivity index (χ0n) is 18.2. The van der Waals surface area contributed by atoms with Gasteiger partial charge in [-0.3, -0.25) is 0 Å². The first kappa shape index (κ1) is 27.4. The molecule has 0 aliphatic heterocycles. The Bertz CT molecular complexity index is 1170. The number of rotatable bonds is 3. The van der Waals surface area contributed by atoms with Gasteiger partial charge in [-0.15, -0.1) is 41.1 Å². The number of fused-ring (bicyclic) bond motifs is 2. The van der Waals surface area contributed by atoms with Crippen LogP contribution in [0.4, 0.5) is 0 Å². The van der Waals surface area contributed by atoms with Gasteiger partial charge in [0.2, 0.25) is 0 Å². The smallest absolute Gasteiger partial charge is 1.00 e.